The van der Waals surface area contributed by atoms with Crippen molar-refractivity contribution < 1.29 is 9.21 Å². The molecule has 0 radical (unpaired) electrons. The van der Waals surface area contributed by atoms with Gasteiger partial charge < -0.3 is 14.6 Å². The molecule has 144 valence electrons. The molecule has 0 aliphatic carbocycles. The first-order valence-corrected chi connectivity index (χ1v) is 9.68. The third-order valence-corrected chi connectivity index (χ3v) is 5.05. The topological polar surface area (TPSA) is 71.3 Å². The summed E-state index contributed by atoms with van der Waals surface area (Å²) in [6, 6.07) is 13.4. The largest absolute Gasteiger partial charge is 0.466 e. The van der Waals surface area contributed by atoms with Gasteiger partial charge in [-0.05, 0) is 63.4 Å². The van der Waals surface area contributed by atoms with Crippen molar-refractivity contribution in [3.8, 4) is 11.3 Å². The second-order valence-electron chi connectivity index (χ2n) is 7.18. The number of rotatable bonds is 4. The molecule has 1 aliphatic rings. The Hall–Kier alpha value is -3.15. The number of benzene rings is 1. The van der Waals surface area contributed by atoms with Crippen molar-refractivity contribution in [2.24, 2.45) is 0 Å². The molecule has 3 aromatic rings. The Bertz CT molecular complexity index is 955. The number of nitrogens with zero attached hydrogens (tertiary/aromatic N) is 3. The van der Waals surface area contributed by atoms with E-state index in [4.69, 9.17) is 4.42 Å². The van der Waals surface area contributed by atoms with Crippen molar-refractivity contribution in [2.45, 2.75) is 33.1 Å². The molecule has 1 saturated heterocycles. The van der Waals surface area contributed by atoms with Gasteiger partial charge in [0.05, 0.1) is 11.3 Å². The first-order valence-electron chi connectivity index (χ1n) is 9.68. The predicted molar refractivity (Wildman–Crippen MR) is 110 cm³/mol. The van der Waals surface area contributed by atoms with Crippen LogP contribution in [0, 0.1) is 13.8 Å². The van der Waals surface area contributed by atoms with Crippen LogP contribution < -0.4 is 10.2 Å². The van der Waals surface area contributed by atoms with E-state index in [1.165, 1.54) is 19.3 Å². The third kappa shape index (κ3) is 3.91. The molecule has 28 heavy (non-hydrogen) atoms. The summed E-state index contributed by atoms with van der Waals surface area (Å²) in [7, 11) is 0. The van der Waals surface area contributed by atoms with Crippen LogP contribution in [0.5, 0.6) is 0 Å². The minimum absolute atomic E-state index is 0.173. The predicted octanol–water partition coefficient (Wildman–Crippen LogP) is 4.60. The minimum Gasteiger partial charge on any atom is -0.466 e. The number of piperidine rings is 1. The van der Waals surface area contributed by atoms with Gasteiger partial charge in [-0.1, -0.05) is 12.1 Å². The van der Waals surface area contributed by atoms with Crippen molar-refractivity contribution in [1.82, 2.24) is 10.2 Å². The van der Waals surface area contributed by atoms with Crippen LogP contribution in [0.25, 0.3) is 11.3 Å². The molecule has 0 saturated carbocycles. The lowest BCUT2D eigenvalue weighted by Gasteiger charge is -2.27. The van der Waals surface area contributed by atoms with Gasteiger partial charge in [0.25, 0.3) is 5.91 Å². The van der Waals surface area contributed by atoms with Crippen LogP contribution in [0.1, 0.15) is 41.1 Å². The summed E-state index contributed by atoms with van der Waals surface area (Å²) < 4.78 is 5.42. The van der Waals surface area contributed by atoms with E-state index in [-0.39, 0.29) is 5.91 Å². The smallest absolute Gasteiger partial charge is 0.259 e. The molecule has 0 spiro atoms. The minimum atomic E-state index is -0.173. The van der Waals surface area contributed by atoms with E-state index in [1.807, 2.05) is 43.3 Å². The number of aryl methyl sites for hydroxylation is 2. The molecule has 0 atom stereocenters. The van der Waals surface area contributed by atoms with Crippen molar-refractivity contribution >= 4 is 17.4 Å². The van der Waals surface area contributed by atoms with Crippen LogP contribution in [-0.2, 0) is 0 Å². The SMILES string of the molecule is Cc1cc(C(=O)Nc2ccc(-c3ccc(N4CCCCC4)nn3)cc2)c(C)o1. The molecule has 6 heteroatoms. The Labute approximate surface area is 164 Å². The third-order valence-electron chi connectivity index (χ3n) is 5.05. The van der Waals surface area contributed by atoms with Gasteiger partial charge in [0, 0.05) is 24.3 Å². The van der Waals surface area contributed by atoms with Crippen molar-refractivity contribution in [2.75, 3.05) is 23.3 Å². The normalized spacial score (nSPS) is 14.1. The summed E-state index contributed by atoms with van der Waals surface area (Å²) in [5.41, 5.74) is 3.07. The van der Waals surface area contributed by atoms with Crippen molar-refractivity contribution in [3.05, 3.63) is 59.5 Å². The monoisotopic (exact) mass is 376 g/mol. The van der Waals surface area contributed by atoms with E-state index in [0.29, 0.717) is 11.3 Å². The molecule has 3 heterocycles. The molecule has 1 fully saturated rings. The molecular weight excluding hydrogens is 352 g/mol. The molecule has 6 nitrogen and oxygen atoms in total. The van der Waals surface area contributed by atoms with E-state index in [1.54, 1.807) is 13.0 Å². The Balaban J connectivity index is 1.44. The Morgan fingerprint density at radius 1 is 1.00 bits per heavy atom. The molecule has 1 amide bonds. The first kappa shape index (κ1) is 18.2. The van der Waals surface area contributed by atoms with Crippen LogP contribution in [-0.4, -0.2) is 29.2 Å². The quantitative estimate of drug-likeness (QED) is 0.721. The average molecular weight is 376 g/mol. The van der Waals surface area contributed by atoms with E-state index in [9.17, 15) is 4.79 Å². The summed E-state index contributed by atoms with van der Waals surface area (Å²) in [6.07, 6.45) is 3.73. The maximum atomic E-state index is 12.4. The molecule has 2 aromatic heterocycles. The van der Waals surface area contributed by atoms with Gasteiger partial charge in [-0.25, -0.2) is 0 Å². The highest BCUT2D eigenvalue weighted by Crippen LogP contribution is 2.23. The number of amides is 1. The lowest BCUT2D eigenvalue weighted by molar-refractivity contribution is 0.102. The Kier molecular flexibility index (Phi) is 5.10. The average Bonchev–Trinajstić information content (AvgIpc) is 3.07. The lowest BCUT2D eigenvalue weighted by Crippen LogP contribution is -2.30. The second kappa shape index (κ2) is 7.84. The summed E-state index contributed by atoms with van der Waals surface area (Å²) in [5.74, 6) is 2.12. The number of carbonyl (C=O) groups excluding carboxylic acids is 1. The maximum Gasteiger partial charge on any atom is 0.259 e. The highest BCUT2D eigenvalue weighted by molar-refractivity contribution is 6.05. The zero-order chi connectivity index (χ0) is 19.5. The van der Waals surface area contributed by atoms with Crippen LogP contribution in [0.2, 0.25) is 0 Å². The van der Waals surface area contributed by atoms with Gasteiger partial charge >= 0.3 is 0 Å². The molecule has 1 aromatic carbocycles. The highest BCUT2D eigenvalue weighted by atomic mass is 16.3. The summed E-state index contributed by atoms with van der Waals surface area (Å²) in [5, 5.41) is 11.7. The summed E-state index contributed by atoms with van der Waals surface area (Å²) in [6.45, 7) is 5.73. The highest BCUT2D eigenvalue weighted by Gasteiger charge is 2.14. The number of nitrogens with one attached hydrogen (secondary N) is 1. The van der Waals surface area contributed by atoms with E-state index >= 15 is 0 Å². The zero-order valence-corrected chi connectivity index (χ0v) is 16.2. The van der Waals surface area contributed by atoms with E-state index in [0.717, 1.165) is 41.6 Å². The molecule has 0 unspecified atom stereocenters. The molecule has 1 aliphatic heterocycles. The van der Waals surface area contributed by atoms with Crippen LogP contribution >= 0.6 is 0 Å². The Morgan fingerprint density at radius 3 is 2.36 bits per heavy atom. The van der Waals surface area contributed by atoms with E-state index < -0.39 is 0 Å². The van der Waals surface area contributed by atoms with Gasteiger partial charge in [-0.2, -0.15) is 0 Å². The number of hydrogen-bond donors (Lipinski definition) is 1. The van der Waals surface area contributed by atoms with E-state index in [2.05, 4.69) is 20.4 Å². The molecule has 0 bridgehead atoms. The fourth-order valence-electron chi connectivity index (χ4n) is 3.55. The lowest BCUT2D eigenvalue weighted by atomic mass is 10.1. The van der Waals surface area contributed by atoms with Gasteiger partial charge in [-0.3, -0.25) is 4.79 Å². The van der Waals surface area contributed by atoms with Gasteiger partial charge in [-0.15, -0.1) is 10.2 Å². The van der Waals surface area contributed by atoms with Crippen LogP contribution in [0.4, 0.5) is 11.5 Å². The first-order chi connectivity index (χ1) is 13.6. The van der Waals surface area contributed by atoms with Crippen molar-refractivity contribution in [1.29, 1.82) is 0 Å². The zero-order valence-electron chi connectivity index (χ0n) is 16.2. The Morgan fingerprint density at radius 2 is 1.75 bits per heavy atom. The van der Waals surface area contributed by atoms with Crippen molar-refractivity contribution in [3.63, 3.8) is 0 Å². The van der Waals surface area contributed by atoms with Gasteiger partial charge in [0.15, 0.2) is 5.82 Å². The fraction of sp³-hybridized carbons (Fsp3) is 0.318. The number of hydrogen-bond acceptors (Lipinski definition) is 5. The fourth-order valence-corrected chi connectivity index (χ4v) is 3.55. The second-order valence-corrected chi connectivity index (χ2v) is 7.18. The number of aromatic nitrogens is 2. The van der Waals surface area contributed by atoms with Crippen LogP contribution in [0.15, 0.2) is 46.9 Å². The molecular formula is C22H24N4O2. The number of carbonyl (C=O) groups is 1. The number of anilines is 2. The number of furan rings is 1. The molecule has 1 N–H and O–H groups in total. The summed E-state index contributed by atoms with van der Waals surface area (Å²) >= 11 is 0. The maximum absolute atomic E-state index is 12.4. The van der Waals surface area contributed by atoms with Gasteiger partial charge in [0.2, 0.25) is 0 Å². The van der Waals surface area contributed by atoms with Gasteiger partial charge in [0.1, 0.15) is 11.5 Å². The summed E-state index contributed by atoms with van der Waals surface area (Å²) in [4.78, 5) is 14.7. The van der Waals surface area contributed by atoms with Crippen LogP contribution in [0.3, 0.4) is 0 Å². The molecule has 4 rings (SSSR count). The standard InChI is InChI=1S/C22H24N4O2/c1-15-14-19(16(2)28-15)22(27)23-18-8-6-17(7-9-18)20-10-11-21(25-24-20)26-12-4-3-5-13-26/h6-11,14H,3-5,12-13H2,1-2H3,(H,23,27).